The summed E-state index contributed by atoms with van der Waals surface area (Å²) < 4.78 is 0. The Hall–Kier alpha value is -1.35. The number of thiazole rings is 1. The first-order valence-electron chi connectivity index (χ1n) is 7.09. The number of hydrogen-bond acceptors (Lipinski definition) is 3. The first kappa shape index (κ1) is 12.7. The first-order valence-corrected chi connectivity index (χ1v) is 7.97. The molecule has 0 bridgehead atoms. The summed E-state index contributed by atoms with van der Waals surface area (Å²) in [6.45, 7) is 2.36. The molecule has 1 aromatic heterocycles. The number of benzene rings is 1. The summed E-state index contributed by atoms with van der Waals surface area (Å²) in [7, 11) is 0. The van der Waals surface area contributed by atoms with Gasteiger partial charge in [0.25, 0.3) is 0 Å². The smallest absolute Gasteiger partial charge is 0.123 e. The van der Waals surface area contributed by atoms with E-state index in [1.54, 1.807) is 11.3 Å². The van der Waals surface area contributed by atoms with E-state index >= 15 is 0 Å². The van der Waals surface area contributed by atoms with Crippen LogP contribution in [-0.2, 0) is 0 Å². The Morgan fingerprint density at radius 3 is 2.63 bits per heavy atom. The summed E-state index contributed by atoms with van der Waals surface area (Å²) in [6, 6.07) is 9.32. The summed E-state index contributed by atoms with van der Waals surface area (Å²) in [5.74, 6) is 0.785. The van der Waals surface area contributed by atoms with Crippen molar-refractivity contribution >= 4 is 17.0 Å². The Balaban J connectivity index is 1.69. The molecule has 1 fully saturated rings. The van der Waals surface area contributed by atoms with Crippen molar-refractivity contribution in [3.63, 3.8) is 0 Å². The molecule has 1 aromatic carbocycles. The highest BCUT2D eigenvalue weighted by molar-refractivity contribution is 7.13. The molecule has 2 aromatic rings. The molecule has 1 heterocycles. The number of rotatable bonds is 3. The average molecular weight is 272 g/mol. The molecule has 100 valence electrons. The fourth-order valence-corrected chi connectivity index (χ4v) is 3.46. The van der Waals surface area contributed by atoms with Crippen molar-refractivity contribution in [1.82, 2.24) is 4.98 Å². The predicted octanol–water partition coefficient (Wildman–Crippen LogP) is 4.80. The third kappa shape index (κ3) is 2.98. The van der Waals surface area contributed by atoms with E-state index in [0.29, 0.717) is 6.04 Å². The maximum Gasteiger partial charge on any atom is 0.123 e. The number of hydrogen-bond donors (Lipinski definition) is 1. The first-order chi connectivity index (χ1) is 9.33. The van der Waals surface area contributed by atoms with E-state index in [1.807, 2.05) is 11.6 Å². The molecule has 2 unspecified atom stereocenters. The van der Waals surface area contributed by atoms with Gasteiger partial charge in [-0.25, -0.2) is 4.98 Å². The lowest BCUT2D eigenvalue weighted by atomic mass is 9.86. The molecule has 0 radical (unpaired) electrons. The SMILES string of the molecule is CC1CCCCC1Nc1ccc(-c2nccs2)cc1. The monoisotopic (exact) mass is 272 g/mol. The molecule has 0 aliphatic heterocycles. The van der Waals surface area contributed by atoms with Crippen molar-refractivity contribution in [3.8, 4) is 10.6 Å². The molecule has 3 heteroatoms. The summed E-state index contributed by atoms with van der Waals surface area (Å²) in [4.78, 5) is 4.34. The highest BCUT2D eigenvalue weighted by Gasteiger charge is 2.20. The van der Waals surface area contributed by atoms with Gasteiger partial charge in [-0.15, -0.1) is 11.3 Å². The fourth-order valence-electron chi connectivity index (χ4n) is 2.82. The van der Waals surface area contributed by atoms with Crippen LogP contribution in [0, 0.1) is 5.92 Å². The van der Waals surface area contributed by atoms with E-state index < -0.39 is 0 Å². The van der Waals surface area contributed by atoms with Crippen LogP contribution in [0.1, 0.15) is 32.6 Å². The van der Waals surface area contributed by atoms with E-state index in [9.17, 15) is 0 Å². The molecule has 0 spiro atoms. The Morgan fingerprint density at radius 2 is 1.95 bits per heavy atom. The van der Waals surface area contributed by atoms with Crippen molar-refractivity contribution in [2.75, 3.05) is 5.32 Å². The minimum absolute atomic E-state index is 0.638. The van der Waals surface area contributed by atoms with Gasteiger partial charge in [0.1, 0.15) is 5.01 Å². The van der Waals surface area contributed by atoms with Gasteiger partial charge in [0.05, 0.1) is 0 Å². The van der Waals surface area contributed by atoms with Gasteiger partial charge in [-0.1, -0.05) is 19.8 Å². The third-order valence-electron chi connectivity index (χ3n) is 4.03. The van der Waals surface area contributed by atoms with E-state index in [0.717, 1.165) is 10.9 Å². The maximum atomic E-state index is 4.34. The van der Waals surface area contributed by atoms with Crippen molar-refractivity contribution < 1.29 is 0 Å². The van der Waals surface area contributed by atoms with Crippen molar-refractivity contribution in [3.05, 3.63) is 35.8 Å². The van der Waals surface area contributed by atoms with Crippen LogP contribution < -0.4 is 5.32 Å². The lowest BCUT2D eigenvalue weighted by Gasteiger charge is -2.30. The number of anilines is 1. The van der Waals surface area contributed by atoms with Crippen LogP contribution >= 0.6 is 11.3 Å². The van der Waals surface area contributed by atoms with Crippen molar-refractivity contribution in [2.45, 2.75) is 38.6 Å². The zero-order valence-electron chi connectivity index (χ0n) is 11.3. The molecule has 1 saturated carbocycles. The second kappa shape index (κ2) is 5.74. The van der Waals surface area contributed by atoms with Crippen LogP contribution in [0.25, 0.3) is 10.6 Å². The molecular formula is C16H20N2S. The van der Waals surface area contributed by atoms with E-state index in [2.05, 4.69) is 41.5 Å². The van der Waals surface area contributed by atoms with Crippen LogP contribution in [0.15, 0.2) is 35.8 Å². The number of nitrogens with one attached hydrogen (secondary N) is 1. The van der Waals surface area contributed by atoms with Gasteiger partial charge in [-0.3, -0.25) is 0 Å². The van der Waals surface area contributed by atoms with E-state index in [4.69, 9.17) is 0 Å². The number of nitrogens with zero attached hydrogens (tertiary/aromatic N) is 1. The molecule has 0 amide bonds. The van der Waals surface area contributed by atoms with Gasteiger partial charge in [0.15, 0.2) is 0 Å². The zero-order valence-corrected chi connectivity index (χ0v) is 12.1. The molecular weight excluding hydrogens is 252 g/mol. The van der Waals surface area contributed by atoms with Gasteiger partial charge in [-0.2, -0.15) is 0 Å². The molecule has 0 saturated heterocycles. The summed E-state index contributed by atoms with van der Waals surface area (Å²) in [5, 5.41) is 6.80. The van der Waals surface area contributed by atoms with Crippen LogP contribution in [0.2, 0.25) is 0 Å². The maximum absolute atomic E-state index is 4.34. The minimum Gasteiger partial charge on any atom is -0.382 e. The topological polar surface area (TPSA) is 24.9 Å². The van der Waals surface area contributed by atoms with Crippen molar-refractivity contribution in [2.24, 2.45) is 5.92 Å². The van der Waals surface area contributed by atoms with Crippen LogP contribution in [0.4, 0.5) is 5.69 Å². The fraction of sp³-hybridized carbons (Fsp3) is 0.438. The van der Waals surface area contributed by atoms with Crippen LogP contribution in [-0.4, -0.2) is 11.0 Å². The summed E-state index contributed by atoms with van der Waals surface area (Å²) in [5.41, 5.74) is 2.44. The van der Waals surface area contributed by atoms with Gasteiger partial charge < -0.3 is 5.32 Å². The Bertz CT molecular complexity index is 504. The van der Waals surface area contributed by atoms with Gasteiger partial charge in [-0.05, 0) is 43.0 Å². The largest absolute Gasteiger partial charge is 0.382 e. The summed E-state index contributed by atoms with van der Waals surface area (Å²) in [6.07, 6.45) is 7.27. The standard InChI is InChI=1S/C16H20N2S/c1-12-4-2-3-5-15(12)18-14-8-6-13(7-9-14)16-17-10-11-19-16/h6-12,15,18H,2-5H2,1H3. The minimum atomic E-state index is 0.638. The lowest BCUT2D eigenvalue weighted by molar-refractivity contribution is 0.349. The molecule has 1 aliphatic carbocycles. The highest BCUT2D eigenvalue weighted by Crippen LogP contribution is 2.28. The summed E-state index contributed by atoms with van der Waals surface area (Å²) >= 11 is 1.69. The van der Waals surface area contributed by atoms with Crippen molar-refractivity contribution in [1.29, 1.82) is 0 Å². The zero-order chi connectivity index (χ0) is 13.1. The van der Waals surface area contributed by atoms with Crippen LogP contribution in [0.3, 0.4) is 0 Å². The Morgan fingerprint density at radius 1 is 1.16 bits per heavy atom. The predicted molar refractivity (Wildman–Crippen MR) is 82.6 cm³/mol. The molecule has 1 N–H and O–H groups in total. The molecule has 2 nitrogen and oxygen atoms in total. The van der Waals surface area contributed by atoms with Gasteiger partial charge in [0, 0.05) is 28.9 Å². The molecule has 1 aliphatic rings. The van der Waals surface area contributed by atoms with Crippen LogP contribution in [0.5, 0.6) is 0 Å². The van der Waals surface area contributed by atoms with E-state index in [1.165, 1.54) is 36.9 Å². The van der Waals surface area contributed by atoms with E-state index in [-0.39, 0.29) is 0 Å². The quantitative estimate of drug-likeness (QED) is 0.868. The highest BCUT2D eigenvalue weighted by atomic mass is 32.1. The normalized spacial score (nSPS) is 23.2. The Kier molecular flexibility index (Phi) is 3.83. The third-order valence-corrected chi connectivity index (χ3v) is 4.85. The lowest BCUT2D eigenvalue weighted by Crippen LogP contribution is -2.30. The Labute approximate surface area is 118 Å². The molecule has 3 rings (SSSR count). The number of aromatic nitrogens is 1. The van der Waals surface area contributed by atoms with Gasteiger partial charge >= 0.3 is 0 Å². The molecule has 2 atom stereocenters. The second-order valence-corrected chi connectivity index (χ2v) is 6.32. The molecule has 19 heavy (non-hydrogen) atoms. The van der Waals surface area contributed by atoms with Gasteiger partial charge in [0.2, 0.25) is 0 Å². The average Bonchev–Trinajstić information content (AvgIpc) is 2.96. The second-order valence-electron chi connectivity index (χ2n) is 5.43.